The second-order valence-corrected chi connectivity index (χ2v) is 8.18. The molecule has 158 valence electrons. The molecule has 0 atom stereocenters. The first-order valence-corrected chi connectivity index (χ1v) is 10.3. The van der Waals surface area contributed by atoms with Crippen LogP contribution in [0.3, 0.4) is 0 Å². The third-order valence-electron chi connectivity index (χ3n) is 5.47. The number of rotatable bonds is 4. The van der Waals surface area contributed by atoms with Crippen molar-refractivity contribution in [3.05, 3.63) is 81.4 Å². The van der Waals surface area contributed by atoms with Gasteiger partial charge in [-0.3, -0.25) is 0 Å². The summed E-state index contributed by atoms with van der Waals surface area (Å²) in [7, 11) is 2.07. The van der Waals surface area contributed by atoms with Gasteiger partial charge in [0, 0.05) is 36.2 Å². The number of hydrogen-bond acceptors (Lipinski definition) is 4. The fourth-order valence-electron chi connectivity index (χ4n) is 4.01. The smallest absolute Gasteiger partial charge is 0.336 e. The molecule has 31 heavy (non-hydrogen) atoms. The van der Waals surface area contributed by atoms with E-state index in [1.165, 1.54) is 0 Å². The van der Waals surface area contributed by atoms with Crippen molar-refractivity contribution in [1.82, 2.24) is 4.90 Å². The minimum absolute atomic E-state index is 0.267. The van der Waals surface area contributed by atoms with Crippen LogP contribution in [0.25, 0.3) is 5.57 Å². The molecule has 4 rings (SSSR count). The lowest BCUT2D eigenvalue weighted by molar-refractivity contribution is -0.133. The Morgan fingerprint density at radius 1 is 1.13 bits per heavy atom. The number of carboxylic acid groups (broad SMARTS) is 2. The molecule has 0 radical (unpaired) electrons. The number of fused-ring (bicyclic) bond motifs is 2. The summed E-state index contributed by atoms with van der Waals surface area (Å²) >= 11 is 6.31. The van der Waals surface area contributed by atoms with Gasteiger partial charge >= 0.3 is 11.9 Å². The van der Waals surface area contributed by atoms with Gasteiger partial charge in [0.2, 0.25) is 0 Å². The van der Waals surface area contributed by atoms with E-state index in [2.05, 4.69) is 18.0 Å². The summed E-state index contributed by atoms with van der Waals surface area (Å²) in [6, 6.07) is 10.8. The molecule has 0 spiro atoms. The van der Waals surface area contributed by atoms with Crippen molar-refractivity contribution in [3.8, 4) is 0 Å². The van der Waals surface area contributed by atoms with Crippen LogP contribution in [-0.4, -0.2) is 52.9 Å². The first-order valence-electron chi connectivity index (χ1n) is 9.88. The highest BCUT2D eigenvalue weighted by atomic mass is 35.5. The van der Waals surface area contributed by atoms with E-state index in [1.54, 1.807) is 18.2 Å². The SMILES string of the molecule is CN1CCC=C(C2=Nc3ccc(C(=CC(=O)O)C(=O)O)cc3Cc3ccc(Cl)cc32)C1. The van der Waals surface area contributed by atoms with Crippen LogP contribution >= 0.6 is 11.6 Å². The average molecular weight is 437 g/mol. The largest absolute Gasteiger partial charge is 0.478 e. The predicted octanol–water partition coefficient (Wildman–Crippen LogP) is 4.18. The van der Waals surface area contributed by atoms with Gasteiger partial charge in [-0.05, 0) is 60.0 Å². The van der Waals surface area contributed by atoms with Gasteiger partial charge < -0.3 is 15.1 Å². The highest BCUT2D eigenvalue weighted by Crippen LogP contribution is 2.34. The molecule has 2 aromatic carbocycles. The first kappa shape index (κ1) is 21.0. The summed E-state index contributed by atoms with van der Waals surface area (Å²) in [6.07, 6.45) is 4.40. The summed E-state index contributed by atoms with van der Waals surface area (Å²) in [4.78, 5) is 29.9. The van der Waals surface area contributed by atoms with Crippen LogP contribution in [-0.2, 0) is 16.0 Å². The molecule has 0 saturated carbocycles. The number of aliphatic imine (C=N–C) groups is 1. The molecule has 0 fully saturated rings. The van der Waals surface area contributed by atoms with E-state index in [1.807, 2.05) is 18.2 Å². The molecule has 2 heterocycles. The van der Waals surface area contributed by atoms with Gasteiger partial charge in [-0.25, -0.2) is 14.6 Å². The quantitative estimate of drug-likeness (QED) is 0.702. The molecule has 6 nitrogen and oxygen atoms in total. The van der Waals surface area contributed by atoms with E-state index in [0.29, 0.717) is 23.1 Å². The number of hydrogen-bond donors (Lipinski definition) is 2. The maximum absolute atomic E-state index is 11.6. The van der Waals surface area contributed by atoms with Gasteiger partial charge in [-0.1, -0.05) is 29.8 Å². The number of benzene rings is 2. The van der Waals surface area contributed by atoms with Crippen molar-refractivity contribution in [1.29, 1.82) is 0 Å². The first-order chi connectivity index (χ1) is 14.8. The average Bonchev–Trinajstić information content (AvgIpc) is 2.87. The van der Waals surface area contributed by atoms with E-state index in [0.717, 1.165) is 53.2 Å². The van der Waals surface area contributed by atoms with Crippen molar-refractivity contribution in [2.45, 2.75) is 12.8 Å². The third kappa shape index (κ3) is 4.45. The molecule has 2 aliphatic rings. The molecule has 0 saturated heterocycles. The molecule has 7 heteroatoms. The maximum Gasteiger partial charge on any atom is 0.336 e. The Morgan fingerprint density at radius 3 is 2.65 bits per heavy atom. The van der Waals surface area contributed by atoms with Crippen LogP contribution in [0.4, 0.5) is 5.69 Å². The number of carbonyl (C=O) groups is 2. The van der Waals surface area contributed by atoms with Gasteiger partial charge in [0.1, 0.15) is 0 Å². The summed E-state index contributed by atoms with van der Waals surface area (Å²) in [5.41, 5.74) is 5.63. The van der Waals surface area contributed by atoms with E-state index < -0.39 is 11.9 Å². The molecule has 0 bridgehead atoms. The molecule has 2 aliphatic heterocycles. The van der Waals surface area contributed by atoms with E-state index in [9.17, 15) is 14.7 Å². The molecular weight excluding hydrogens is 416 g/mol. The second kappa shape index (κ2) is 8.49. The van der Waals surface area contributed by atoms with Crippen LogP contribution in [0.2, 0.25) is 5.02 Å². The minimum Gasteiger partial charge on any atom is -0.478 e. The topological polar surface area (TPSA) is 90.2 Å². The Hall–Kier alpha value is -3.22. The zero-order valence-corrected chi connectivity index (χ0v) is 17.7. The Bertz CT molecular complexity index is 1180. The maximum atomic E-state index is 11.6. The highest BCUT2D eigenvalue weighted by molar-refractivity contribution is 6.31. The summed E-state index contributed by atoms with van der Waals surface area (Å²) < 4.78 is 0. The van der Waals surface area contributed by atoms with Gasteiger partial charge in [0.05, 0.1) is 17.0 Å². The molecule has 2 aromatic rings. The Labute approximate surface area is 184 Å². The number of carboxylic acids is 2. The summed E-state index contributed by atoms with van der Waals surface area (Å²) in [5.74, 6) is -2.59. The molecular formula is C24H21ClN2O4. The van der Waals surface area contributed by atoms with Gasteiger partial charge in [-0.15, -0.1) is 0 Å². The Morgan fingerprint density at radius 2 is 1.94 bits per heavy atom. The number of likely N-dealkylation sites (N-methyl/N-ethyl adjacent to an activating group) is 1. The van der Waals surface area contributed by atoms with Gasteiger partial charge in [0.25, 0.3) is 0 Å². The zero-order valence-electron chi connectivity index (χ0n) is 16.9. The van der Waals surface area contributed by atoms with Gasteiger partial charge in [0.15, 0.2) is 0 Å². The van der Waals surface area contributed by atoms with Crippen LogP contribution in [0.5, 0.6) is 0 Å². The molecule has 0 aliphatic carbocycles. The van der Waals surface area contributed by atoms with Crippen molar-refractivity contribution in [2.24, 2.45) is 4.99 Å². The minimum atomic E-state index is -1.30. The lowest BCUT2D eigenvalue weighted by Gasteiger charge is -2.24. The number of aliphatic carboxylic acids is 2. The Kier molecular flexibility index (Phi) is 5.76. The summed E-state index contributed by atoms with van der Waals surface area (Å²) in [6.45, 7) is 1.77. The van der Waals surface area contributed by atoms with E-state index in [4.69, 9.17) is 21.7 Å². The lowest BCUT2D eigenvalue weighted by Crippen LogP contribution is -2.29. The van der Waals surface area contributed by atoms with Crippen LogP contribution in [0.15, 0.2) is 59.1 Å². The molecule has 2 N–H and O–H groups in total. The highest BCUT2D eigenvalue weighted by Gasteiger charge is 2.23. The Balaban J connectivity index is 1.88. The fourth-order valence-corrected chi connectivity index (χ4v) is 4.19. The standard InChI is InChI=1S/C24H21ClN2O4/c1-27-8-2-3-16(13-27)23-19-11-18(25)6-4-14(19)9-17-10-15(5-7-21(17)26-23)20(24(30)31)12-22(28)29/h3-7,10-12H,2,8-9,13H2,1H3,(H,28,29)(H,30,31). The molecule has 0 unspecified atom stereocenters. The van der Waals surface area contributed by atoms with Gasteiger partial charge in [-0.2, -0.15) is 0 Å². The van der Waals surface area contributed by atoms with Crippen molar-refractivity contribution < 1.29 is 19.8 Å². The molecule has 0 aromatic heterocycles. The van der Waals surface area contributed by atoms with Crippen LogP contribution < -0.4 is 0 Å². The number of nitrogens with zero attached hydrogens (tertiary/aromatic N) is 2. The third-order valence-corrected chi connectivity index (χ3v) is 5.71. The lowest BCUT2D eigenvalue weighted by atomic mass is 9.92. The number of halogens is 1. The summed E-state index contributed by atoms with van der Waals surface area (Å²) in [5, 5.41) is 19.1. The van der Waals surface area contributed by atoms with E-state index >= 15 is 0 Å². The van der Waals surface area contributed by atoms with Crippen molar-refractivity contribution in [2.75, 3.05) is 20.1 Å². The van der Waals surface area contributed by atoms with Crippen molar-refractivity contribution in [3.63, 3.8) is 0 Å². The normalized spacial score (nSPS) is 16.5. The predicted molar refractivity (Wildman–Crippen MR) is 120 cm³/mol. The van der Waals surface area contributed by atoms with E-state index in [-0.39, 0.29) is 5.57 Å². The fraction of sp³-hybridized carbons (Fsp3) is 0.208. The van der Waals surface area contributed by atoms with Crippen molar-refractivity contribution >= 4 is 40.5 Å². The molecule has 0 amide bonds. The second-order valence-electron chi connectivity index (χ2n) is 7.74. The van der Waals surface area contributed by atoms with Crippen LogP contribution in [0.1, 0.15) is 28.7 Å². The monoisotopic (exact) mass is 436 g/mol. The van der Waals surface area contributed by atoms with Crippen LogP contribution in [0, 0.1) is 0 Å². The zero-order chi connectivity index (χ0) is 22.1.